The Bertz CT molecular complexity index is 1570. The average Bonchev–Trinajstić information content (AvgIpc) is 3.25. The van der Waals surface area contributed by atoms with Crippen LogP contribution in [0.15, 0.2) is 78.0 Å². The van der Waals surface area contributed by atoms with Gasteiger partial charge in [0.2, 0.25) is 0 Å². The van der Waals surface area contributed by atoms with E-state index in [0.717, 1.165) is 23.4 Å². The van der Waals surface area contributed by atoms with Crippen molar-refractivity contribution in [3.63, 3.8) is 0 Å². The van der Waals surface area contributed by atoms with Crippen LogP contribution in [-0.2, 0) is 4.79 Å². The molecule has 4 atom stereocenters. The zero-order chi connectivity index (χ0) is 31.9. The number of aromatic nitrogens is 1. The molecule has 1 aliphatic heterocycles. The van der Waals surface area contributed by atoms with Crippen molar-refractivity contribution in [1.29, 1.82) is 5.26 Å². The molecule has 4 rings (SSSR count). The first-order valence-electron chi connectivity index (χ1n) is 12.7. The fourth-order valence-corrected chi connectivity index (χ4v) is 5.49. The van der Waals surface area contributed by atoms with Gasteiger partial charge >= 0.3 is 16.4 Å². The number of pyridine rings is 1. The van der Waals surface area contributed by atoms with Crippen LogP contribution in [0.1, 0.15) is 43.6 Å². The number of rotatable bonds is 9. The maximum Gasteiger partial charge on any atom is 0.342 e. The number of anilines is 1. The zero-order valence-corrected chi connectivity index (χ0v) is 23.6. The van der Waals surface area contributed by atoms with Gasteiger partial charge in [-0.1, -0.05) is 49.8 Å². The topological polar surface area (TPSA) is 113 Å². The largest absolute Gasteiger partial charge is 0.388 e. The van der Waals surface area contributed by atoms with Crippen LogP contribution in [-0.4, -0.2) is 44.0 Å². The number of halogens is 6. The molecule has 0 bridgehead atoms. The Hall–Kier alpha value is -4.36. The van der Waals surface area contributed by atoms with E-state index in [2.05, 4.69) is 10.4 Å². The third-order valence-corrected chi connectivity index (χ3v) is 8.01. The Balaban J connectivity index is 1.88. The summed E-state index contributed by atoms with van der Waals surface area (Å²) in [6, 6.07) is 8.55. The number of aliphatic hydroxyl groups is 1. The van der Waals surface area contributed by atoms with Gasteiger partial charge in [0.25, 0.3) is 5.91 Å². The smallest absolute Gasteiger partial charge is 0.342 e. The van der Waals surface area contributed by atoms with E-state index in [-0.39, 0.29) is 35.5 Å². The zero-order valence-electron chi connectivity index (χ0n) is 22.8. The Labute approximate surface area is 242 Å². The first-order chi connectivity index (χ1) is 19.8. The van der Waals surface area contributed by atoms with E-state index in [1.807, 2.05) is 0 Å². The number of hydrogen-bond donors (Lipinski definition) is 2. The molecular formula is C27H27F6N6O3S+. The molecule has 1 saturated heterocycles. The number of hydrazine groups is 1. The highest BCUT2D eigenvalue weighted by Crippen LogP contribution is 3.02. The summed E-state index contributed by atoms with van der Waals surface area (Å²) in [5.74, 6) is -1.97. The first-order valence-corrected chi connectivity index (χ1v) is 14.7. The number of nitroso groups, excluding NO2 is 1. The van der Waals surface area contributed by atoms with Crippen molar-refractivity contribution in [2.24, 2.45) is 0 Å². The Morgan fingerprint density at radius 3 is 2.33 bits per heavy atom. The number of nitrogens with zero attached hydrogens (tertiary/aromatic N) is 5. The molecule has 2 heterocycles. The molecule has 2 N–H and O–H groups in total. The Kier molecular flexibility index (Phi) is 7.65. The molecule has 1 aromatic heterocycles. The predicted octanol–water partition coefficient (Wildman–Crippen LogP) is 6.26. The van der Waals surface area contributed by atoms with Gasteiger partial charge in [-0.25, -0.2) is 9.29 Å². The van der Waals surface area contributed by atoms with Crippen molar-refractivity contribution >= 4 is 21.8 Å². The highest BCUT2D eigenvalue weighted by Gasteiger charge is 2.65. The molecule has 9 nitrogen and oxygen atoms in total. The van der Waals surface area contributed by atoms with Crippen molar-refractivity contribution in [3.05, 3.63) is 94.9 Å². The summed E-state index contributed by atoms with van der Waals surface area (Å²) in [6.07, 6.45) is 1.44. The molecule has 230 valence electrons. The van der Waals surface area contributed by atoms with E-state index < -0.39 is 56.4 Å². The Morgan fingerprint density at radius 1 is 1.14 bits per heavy atom. The van der Waals surface area contributed by atoms with Crippen LogP contribution in [0, 0.1) is 22.2 Å². The number of nitrogens with one attached hydrogen (secondary N) is 1. The van der Waals surface area contributed by atoms with E-state index in [9.17, 15) is 43.9 Å². The minimum absolute atomic E-state index is 0.0695. The number of carbonyl (C=O) groups excluding carboxylic acids is 1. The van der Waals surface area contributed by atoms with E-state index in [4.69, 9.17) is 0 Å². The number of benzene rings is 2. The van der Waals surface area contributed by atoms with Gasteiger partial charge in [0.15, 0.2) is 6.19 Å². The van der Waals surface area contributed by atoms with E-state index >= 15 is 0 Å². The maximum atomic E-state index is 14.4. The standard InChI is InChI=1S/C27H27F6N6O3S/c1-18(19-6-4-3-5-7-19)36-39(42)25(20-12-21(28)15-35-14-20)38(26(40)24-13-27(2,41)16-37(24)17-34)22-8-10-23(11-9-22)43(29,30,31,32)33/h3-12,14-15,18,24-25,41H,13,16H2,1-2H3,(H,36,42)/q+1/t18-,24+,25?,27+/m0/s1. The number of hydrogen-bond acceptors (Lipinski definition) is 6. The lowest BCUT2D eigenvalue weighted by Gasteiger charge is -2.40. The van der Waals surface area contributed by atoms with Gasteiger partial charge in [-0.3, -0.25) is 14.7 Å². The van der Waals surface area contributed by atoms with Gasteiger partial charge in [-0.15, -0.1) is 5.43 Å². The molecule has 3 aromatic rings. The number of amides is 1. The summed E-state index contributed by atoms with van der Waals surface area (Å²) in [7, 11) is -10.1. The molecule has 0 aliphatic carbocycles. The number of β-amino-alcohol motifs (C(OH)–C–C–N with tert-alkyl or cyclic N) is 1. The van der Waals surface area contributed by atoms with Crippen LogP contribution >= 0.6 is 10.2 Å². The van der Waals surface area contributed by atoms with Crippen LogP contribution in [0.4, 0.5) is 29.5 Å². The van der Waals surface area contributed by atoms with E-state index in [1.54, 1.807) is 43.4 Å². The van der Waals surface area contributed by atoms with Gasteiger partial charge in [-0.2, -0.15) is 5.26 Å². The van der Waals surface area contributed by atoms with Crippen molar-refractivity contribution in [1.82, 2.24) is 15.3 Å². The lowest BCUT2D eigenvalue weighted by atomic mass is 10.0. The molecule has 1 aliphatic rings. The average molecular weight is 630 g/mol. The minimum atomic E-state index is -10.1. The first kappa shape index (κ1) is 31.6. The van der Waals surface area contributed by atoms with Crippen molar-refractivity contribution in [3.8, 4) is 6.19 Å². The number of carbonyl (C=O) groups is 1. The summed E-state index contributed by atoms with van der Waals surface area (Å²) in [5.41, 5.74) is 1.01. The molecule has 0 radical (unpaired) electrons. The Morgan fingerprint density at radius 2 is 1.77 bits per heavy atom. The van der Waals surface area contributed by atoms with E-state index in [1.165, 1.54) is 6.92 Å². The highest BCUT2D eigenvalue weighted by molar-refractivity contribution is 8.45. The molecular weight excluding hydrogens is 602 g/mol. The van der Waals surface area contributed by atoms with Crippen LogP contribution in [0.2, 0.25) is 0 Å². The summed E-state index contributed by atoms with van der Waals surface area (Å²) in [6.45, 7) is 2.67. The van der Waals surface area contributed by atoms with Crippen LogP contribution in [0.25, 0.3) is 0 Å². The van der Waals surface area contributed by atoms with Gasteiger partial charge in [0.1, 0.15) is 27.7 Å². The molecule has 16 heteroatoms. The summed E-state index contributed by atoms with van der Waals surface area (Å²) in [4.78, 5) is 31.2. The van der Waals surface area contributed by atoms with E-state index in [0.29, 0.717) is 22.6 Å². The molecule has 0 spiro atoms. The van der Waals surface area contributed by atoms with Gasteiger partial charge in [0.05, 0.1) is 34.5 Å². The molecule has 0 saturated carbocycles. The van der Waals surface area contributed by atoms with Crippen molar-refractivity contribution in [2.75, 3.05) is 11.4 Å². The molecule has 1 unspecified atom stereocenters. The lowest BCUT2D eigenvalue weighted by Crippen LogP contribution is -2.51. The SMILES string of the molecule is C[C@H](N[N+](=O)C(c1cncc(F)c1)N(C(=O)[C@H]1C[C@@](C)(O)CN1C#N)c1ccc(S(F)(F)(F)(F)F)cc1)c1ccccc1. The summed E-state index contributed by atoms with van der Waals surface area (Å²) < 4.78 is 81.9. The molecule has 43 heavy (non-hydrogen) atoms. The van der Waals surface area contributed by atoms with Gasteiger partial charge in [0, 0.05) is 12.6 Å². The van der Waals surface area contributed by atoms with Crippen molar-refractivity contribution < 1.29 is 38.6 Å². The second kappa shape index (κ2) is 10.4. The third kappa shape index (κ3) is 7.17. The maximum absolute atomic E-state index is 14.4. The second-order valence-corrected chi connectivity index (χ2v) is 12.9. The monoisotopic (exact) mass is 629 g/mol. The number of likely N-dealkylation sites (tertiary alicyclic amines) is 1. The predicted molar refractivity (Wildman–Crippen MR) is 145 cm³/mol. The molecule has 2 aromatic carbocycles. The fourth-order valence-electron chi connectivity index (χ4n) is 4.84. The normalized spacial score (nSPS) is 21.6. The van der Waals surface area contributed by atoms with Gasteiger partial charge < -0.3 is 5.11 Å². The third-order valence-electron chi connectivity index (χ3n) is 6.84. The van der Waals surface area contributed by atoms with Crippen LogP contribution < -0.4 is 10.3 Å². The highest BCUT2D eigenvalue weighted by atomic mass is 32.5. The van der Waals surface area contributed by atoms with Crippen LogP contribution in [0.5, 0.6) is 0 Å². The van der Waals surface area contributed by atoms with Crippen LogP contribution in [0.3, 0.4) is 0 Å². The number of nitriles is 1. The van der Waals surface area contributed by atoms with Gasteiger partial charge in [-0.05, 0) is 49.7 Å². The molecule has 1 amide bonds. The quantitative estimate of drug-likeness (QED) is 0.0945. The summed E-state index contributed by atoms with van der Waals surface area (Å²) >= 11 is 0. The fraction of sp³-hybridized carbons (Fsp3) is 0.296. The molecule has 1 fully saturated rings. The summed E-state index contributed by atoms with van der Waals surface area (Å²) in [5, 5.41) is 20.2. The lowest BCUT2D eigenvalue weighted by molar-refractivity contribution is -0.651. The minimum Gasteiger partial charge on any atom is -0.388 e. The second-order valence-electron chi connectivity index (χ2n) is 10.5. The van der Waals surface area contributed by atoms with Crippen molar-refractivity contribution in [2.45, 2.75) is 49.0 Å².